The van der Waals surface area contributed by atoms with E-state index in [4.69, 9.17) is 16.3 Å². The van der Waals surface area contributed by atoms with Crippen LogP contribution in [0.15, 0.2) is 35.5 Å². The van der Waals surface area contributed by atoms with Crippen molar-refractivity contribution in [2.24, 2.45) is 0 Å². The van der Waals surface area contributed by atoms with Gasteiger partial charge < -0.3 is 10.1 Å². The van der Waals surface area contributed by atoms with Gasteiger partial charge >= 0.3 is 0 Å². The summed E-state index contributed by atoms with van der Waals surface area (Å²) in [4.78, 5) is 19.1. The molecule has 3 aromatic heterocycles. The number of aromatic amines is 1. The number of ether oxygens (including phenoxy) is 1. The summed E-state index contributed by atoms with van der Waals surface area (Å²) < 4.78 is 76.2. The lowest BCUT2D eigenvalue weighted by molar-refractivity contribution is 0.0959. The zero-order chi connectivity index (χ0) is 25.5. The minimum Gasteiger partial charge on any atom is -0.480 e. The molecule has 0 saturated heterocycles. The van der Waals surface area contributed by atoms with Crippen LogP contribution in [0, 0.1) is 17.5 Å². The highest BCUT2D eigenvalue weighted by atomic mass is 35.5. The second-order valence-corrected chi connectivity index (χ2v) is 9.57. The van der Waals surface area contributed by atoms with Crippen molar-refractivity contribution in [3.05, 3.63) is 64.3 Å². The zero-order valence-electron chi connectivity index (χ0n) is 18.0. The van der Waals surface area contributed by atoms with Crippen molar-refractivity contribution in [2.45, 2.75) is 10.6 Å². The minimum absolute atomic E-state index is 0.000609. The van der Waals surface area contributed by atoms with Gasteiger partial charge in [-0.2, -0.15) is 5.10 Å². The predicted molar refractivity (Wildman–Crippen MR) is 119 cm³/mol. The van der Waals surface area contributed by atoms with Crippen molar-refractivity contribution < 1.29 is 31.1 Å². The summed E-state index contributed by atoms with van der Waals surface area (Å²) in [7, 11) is -1.73. The average Bonchev–Trinajstić information content (AvgIpc) is 3.27. The topological polar surface area (TPSA) is 127 Å². The van der Waals surface area contributed by atoms with Crippen LogP contribution in [0.1, 0.15) is 16.1 Å². The Kier molecular flexibility index (Phi) is 6.38. The molecule has 0 saturated carbocycles. The molecule has 0 unspecified atom stereocenters. The zero-order valence-corrected chi connectivity index (χ0v) is 19.6. The van der Waals surface area contributed by atoms with Crippen LogP contribution in [-0.4, -0.2) is 48.6 Å². The molecule has 4 rings (SSSR count). The first-order valence-electron chi connectivity index (χ1n) is 9.73. The fraction of sp³-hybridized carbons (Fsp3) is 0.143. The molecule has 0 fully saturated rings. The number of sulfone groups is 1. The van der Waals surface area contributed by atoms with Crippen LogP contribution in [0.5, 0.6) is 5.88 Å². The number of hydrogen-bond acceptors (Lipinski definition) is 7. The van der Waals surface area contributed by atoms with Crippen LogP contribution in [0.4, 0.5) is 13.2 Å². The van der Waals surface area contributed by atoms with Gasteiger partial charge in [0.2, 0.25) is 5.88 Å². The molecule has 0 atom stereocenters. The number of aromatic nitrogens is 4. The van der Waals surface area contributed by atoms with E-state index < -0.39 is 60.7 Å². The van der Waals surface area contributed by atoms with E-state index in [1.165, 1.54) is 20.4 Å². The van der Waals surface area contributed by atoms with E-state index in [1.807, 2.05) is 0 Å². The number of carbonyl (C=O) groups is 1. The fourth-order valence-electron chi connectivity index (χ4n) is 3.40. The maximum atomic E-state index is 15.4. The number of nitrogens with zero attached hydrogens (tertiary/aromatic N) is 3. The van der Waals surface area contributed by atoms with Gasteiger partial charge in [0.25, 0.3) is 5.91 Å². The number of hydrogen-bond donors (Lipinski definition) is 2. The summed E-state index contributed by atoms with van der Waals surface area (Å²) in [6, 6.07) is 2.80. The lowest BCUT2D eigenvalue weighted by Gasteiger charge is -2.12. The number of rotatable bonds is 6. The Morgan fingerprint density at radius 2 is 1.91 bits per heavy atom. The van der Waals surface area contributed by atoms with Gasteiger partial charge in [-0.15, -0.1) is 0 Å². The molecule has 0 spiro atoms. The molecule has 0 aliphatic heterocycles. The molecule has 3 heterocycles. The molecule has 0 radical (unpaired) electrons. The van der Waals surface area contributed by atoms with Gasteiger partial charge in [0.15, 0.2) is 15.7 Å². The molecule has 0 aliphatic rings. The third-order valence-corrected chi connectivity index (χ3v) is 6.92. The quantitative estimate of drug-likeness (QED) is 0.395. The first-order chi connectivity index (χ1) is 16.6. The van der Waals surface area contributed by atoms with Gasteiger partial charge in [0, 0.05) is 25.0 Å². The monoisotopic (exact) mass is 525 g/mol. The van der Waals surface area contributed by atoms with Crippen LogP contribution in [0.25, 0.3) is 22.2 Å². The molecular weight excluding hydrogens is 511 g/mol. The summed E-state index contributed by atoms with van der Waals surface area (Å²) in [6.07, 6.45) is 2.21. The lowest BCUT2D eigenvalue weighted by Crippen LogP contribution is -2.18. The molecule has 182 valence electrons. The van der Waals surface area contributed by atoms with Crippen molar-refractivity contribution in [1.82, 2.24) is 25.5 Å². The number of fused-ring (bicyclic) bond motifs is 1. The maximum Gasteiger partial charge on any atom is 0.269 e. The molecule has 1 aromatic carbocycles. The van der Waals surface area contributed by atoms with Gasteiger partial charge in [0.1, 0.15) is 33.4 Å². The van der Waals surface area contributed by atoms with Crippen LogP contribution in [0.3, 0.4) is 0 Å². The Morgan fingerprint density at radius 1 is 1.17 bits per heavy atom. The van der Waals surface area contributed by atoms with Gasteiger partial charge in [-0.05, 0) is 12.1 Å². The fourth-order valence-corrected chi connectivity index (χ4v) is 5.12. The van der Waals surface area contributed by atoms with Crippen molar-refractivity contribution >= 4 is 38.2 Å². The molecule has 4 aromatic rings. The molecule has 0 bridgehead atoms. The third-order valence-electron chi connectivity index (χ3n) is 5.06. The van der Waals surface area contributed by atoms with E-state index in [9.17, 15) is 17.6 Å². The van der Waals surface area contributed by atoms with E-state index in [0.29, 0.717) is 0 Å². The van der Waals surface area contributed by atoms with Crippen LogP contribution < -0.4 is 10.1 Å². The first kappa shape index (κ1) is 24.4. The van der Waals surface area contributed by atoms with E-state index in [0.717, 1.165) is 24.4 Å². The minimum atomic E-state index is -4.28. The van der Waals surface area contributed by atoms with E-state index in [1.54, 1.807) is 0 Å². The molecule has 9 nitrogen and oxygen atoms in total. The molecule has 1 amide bonds. The Morgan fingerprint density at radius 3 is 2.60 bits per heavy atom. The third kappa shape index (κ3) is 4.28. The number of amides is 1. The summed E-state index contributed by atoms with van der Waals surface area (Å²) >= 11 is 5.85. The Bertz CT molecular complexity index is 1590. The number of halogens is 4. The molecular formula is C21H15ClF3N5O4S. The molecule has 0 aliphatic carbocycles. The van der Waals surface area contributed by atoms with Crippen molar-refractivity contribution in [3.63, 3.8) is 0 Å². The highest BCUT2D eigenvalue weighted by molar-refractivity contribution is 7.90. The molecule has 35 heavy (non-hydrogen) atoms. The average molecular weight is 526 g/mol. The largest absolute Gasteiger partial charge is 0.480 e. The molecule has 14 heteroatoms. The van der Waals surface area contributed by atoms with Crippen LogP contribution >= 0.6 is 11.6 Å². The molecule has 2 N–H and O–H groups in total. The van der Waals surface area contributed by atoms with Crippen LogP contribution in [0.2, 0.25) is 5.02 Å². The standard InChI is InChI=1S/C21H15ClF3N5O4S/c1-26-20(31)18-11-7-27-19(16(25)17(11)29-30-18)14-12(23)4-3-9(15(14)24)8-35(32,33)13-5-10(22)6-28-21(13)34-2/h3-7H,8H2,1-2H3,(H,26,31)(H,29,30). The van der Waals surface area contributed by atoms with Crippen LogP contribution in [-0.2, 0) is 15.6 Å². The summed E-state index contributed by atoms with van der Waals surface area (Å²) in [5, 5.41) is 8.39. The van der Waals surface area contributed by atoms with E-state index in [2.05, 4.69) is 25.5 Å². The Hall–Kier alpha value is -3.71. The maximum absolute atomic E-state index is 15.4. The second-order valence-electron chi connectivity index (χ2n) is 7.18. The smallest absolute Gasteiger partial charge is 0.269 e. The second kappa shape index (κ2) is 9.15. The van der Waals surface area contributed by atoms with Crippen molar-refractivity contribution in [2.75, 3.05) is 14.2 Å². The highest BCUT2D eigenvalue weighted by Crippen LogP contribution is 2.34. The van der Waals surface area contributed by atoms with Gasteiger partial charge in [-0.1, -0.05) is 17.7 Å². The number of H-pyrrole nitrogens is 1. The SMILES string of the molecule is CNC(=O)c1[nH]nc2c(F)c(-c3c(F)ccc(CS(=O)(=O)c4cc(Cl)cnc4OC)c3F)ncc12. The van der Waals surface area contributed by atoms with Crippen molar-refractivity contribution in [1.29, 1.82) is 0 Å². The van der Waals surface area contributed by atoms with Crippen molar-refractivity contribution in [3.8, 4) is 17.1 Å². The normalized spacial score (nSPS) is 11.6. The summed E-state index contributed by atoms with van der Waals surface area (Å²) in [5.41, 5.74) is -2.57. The van der Waals surface area contributed by atoms with Gasteiger partial charge in [-0.3, -0.25) is 14.9 Å². The summed E-state index contributed by atoms with van der Waals surface area (Å²) in [5.74, 6) is -5.52. The summed E-state index contributed by atoms with van der Waals surface area (Å²) in [6.45, 7) is 0. The van der Waals surface area contributed by atoms with E-state index in [-0.39, 0.29) is 27.5 Å². The Labute approximate surface area is 201 Å². The number of nitrogens with one attached hydrogen (secondary N) is 2. The van der Waals surface area contributed by atoms with E-state index >= 15 is 8.78 Å². The predicted octanol–water partition coefficient (Wildman–Crippen LogP) is 3.43. The highest BCUT2D eigenvalue weighted by Gasteiger charge is 2.28. The van der Waals surface area contributed by atoms with Gasteiger partial charge in [-0.25, -0.2) is 26.6 Å². The lowest BCUT2D eigenvalue weighted by atomic mass is 10.0. The number of carbonyl (C=O) groups excluding carboxylic acids is 1. The first-order valence-corrected chi connectivity index (χ1v) is 11.8. The Balaban J connectivity index is 1.82. The number of methoxy groups -OCH3 is 1. The number of benzene rings is 1. The number of pyridine rings is 2. The van der Waals surface area contributed by atoms with Gasteiger partial charge in [0.05, 0.1) is 28.8 Å².